The summed E-state index contributed by atoms with van der Waals surface area (Å²) in [5, 5.41) is 12.9. The molecule has 2 aliphatic heterocycles. The summed E-state index contributed by atoms with van der Waals surface area (Å²) < 4.78 is 12.4. The average Bonchev–Trinajstić information content (AvgIpc) is 3.45. The van der Waals surface area contributed by atoms with Crippen LogP contribution in [0.2, 0.25) is 0 Å². The normalized spacial score (nSPS) is 19.9. The molecule has 0 saturated carbocycles. The molecule has 0 spiro atoms. The molecular weight excluding hydrogens is 542 g/mol. The zero-order chi connectivity index (χ0) is 29.9. The van der Waals surface area contributed by atoms with Gasteiger partial charge < -0.3 is 19.5 Å². The molecule has 0 bridgehead atoms. The van der Waals surface area contributed by atoms with Gasteiger partial charge in [0.2, 0.25) is 5.90 Å². The Hall–Kier alpha value is -4.59. The van der Waals surface area contributed by atoms with E-state index in [0.717, 1.165) is 41.5 Å². The van der Waals surface area contributed by atoms with Crippen LogP contribution in [-0.4, -0.2) is 53.7 Å². The molecule has 1 amide bonds. The van der Waals surface area contributed by atoms with E-state index < -0.39 is 11.6 Å². The number of piperidine rings is 1. The van der Waals surface area contributed by atoms with Crippen LogP contribution in [0.25, 0.3) is 16.5 Å². The molecule has 9 heteroatoms. The van der Waals surface area contributed by atoms with Crippen molar-refractivity contribution in [2.24, 2.45) is 10.1 Å². The first-order valence-corrected chi connectivity index (χ1v) is 14.8. The maximum atomic E-state index is 14.6. The van der Waals surface area contributed by atoms with Crippen LogP contribution in [0.5, 0.6) is 5.75 Å². The number of benzene rings is 3. The summed E-state index contributed by atoms with van der Waals surface area (Å²) in [6.07, 6.45) is 7.16. The van der Waals surface area contributed by atoms with E-state index in [1.54, 1.807) is 0 Å². The minimum atomic E-state index is -1.26. The first-order chi connectivity index (χ1) is 21.1. The highest BCUT2D eigenvalue weighted by Gasteiger charge is 2.54. The Labute approximate surface area is 252 Å². The Balaban J connectivity index is 1.59. The number of carbonyl (C=O) groups excluding carboxylic acids is 1. The van der Waals surface area contributed by atoms with Crippen LogP contribution < -0.4 is 4.74 Å². The third-order valence-corrected chi connectivity index (χ3v) is 7.83. The van der Waals surface area contributed by atoms with Crippen LogP contribution in [-0.2, 0) is 16.1 Å². The van der Waals surface area contributed by atoms with Gasteiger partial charge in [0.25, 0.3) is 5.91 Å². The van der Waals surface area contributed by atoms with E-state index in [2.05, 4.69) is 10.0 Å². The average molecular weight is 580 g/mol. The molecule has 2 atom stereocenters. The lowest BCUT2D eigenvalue weighted by Gasteiger charge is -2.37. The van der Waals surface area contributed by atoms with Crippen molar-refractivity contribution >= 4 is 17.9 Å². The van der Waals surface area contributed by atoms with Gasteiger partial charge >= 0.3 is 0 Å². The summed E-state index contributed by atoms with van der Waals surface area (Å²) in [4.78, 5) is 24.7. The summed E-state index contributed by atoms with van der Waals surface area (Å²) in [6.45, 7) is 1.98. The first-order valence-electron chi connectivity index (χ1n) is 14.8. The fraction of sp³-hybridized carbons (Fsp3) is 0.353. The van der Waals surface area contributed by atoms with E-state index >= 15 is 0 Å². The number of azide groups is 1. The van der Waals surface area contributed by atoms with Crippen molar-refractivity contribution in [3.05, 3.63) is 118 Å². The monoisotopic (exact) mass is 579 g/mol. The van der Waals surface area contributed by atoms with Crippen LogP contribution in [0.3, 0.4) is 0 Å². The minimum absolute atomic E-state index is 0.0625. The van der Waals surface area contributed by atoms with Gasteiger partial charge in [-0.3, -0.25) is 4.79 Å². The lowest BCUT2D eigenvalue weighted by Crippen LogP contribution is -2.51. The van der Waals surface area contributed by atoms with E-state index in [9.17, 15) is 4.79 Å². The van der Waals surface area contributed by atoms with Gasteiger partial charge in [0.1, 0.15) is 5.75 Å². The smallest absolute Gasteiger partial charge is 0.255 e. The Morgan fingerprint density at radius 1 is 1.07 bits per heavy atom. The number of carbonyl (C=O) groups is 1. The summed E-state index contributed by atoms with van der Waals surface area (Å²) >= 11 is 0. The zero-order valence-electron chi connectivity index (χ0n) is 24.2. The van der Waals surface area contributed by atoms with E-state index in [-0.39, 0.29) is 19.1 Å². The lowest BCUT2D eigenvalue weighted by molar-refractivity contribution is -0.140. The summed E-state index contributed by atoms with van der Waals surface area (Å²) in [5.41, 5.74) is 11.1. The highest BCUT2D eigenvalue weighted by atomic mass is 16.5. The second kappa shape index (κ2) is 14.5. The largest absolute Gasteiger partial charge is 0.494 e. The van der Waals surface area contributed by atoms with Crippen LogP contribution in [0, 0.1) is 0 Å². The van der Waals surface area contributed by atoms with Crippen molar-refractivity contribution in [3.63, 3.8) is 0 Å². The number of hydrogen-bond donors (Lipinski definition) is 1. The van der Waals surface area contributed by atoms with E-state index in [0.29, 0.717) is 44.2 Å². The number of nitrogens with zero attached hydrogens (tertiary/aromatic N) is 5. The van der Waals surface area contributed by atoms with Gasteiger partial charge in [0, 0.05) is 43.0 Å². The van der Waals surface area contributed by atoms with Crippen LogP contribution in [0.1, 0.15) is 60.5 Å². The molecule has 0 aromatic heterocycles. The molecular formula is C34H37N5O4. The predicted molar refractivity (Wildman–Crippen MR) is 167 cm³/mol. The van der Waals surface area contributed by atoms with Gasteiger partial charge in [-0.2, -0.15) is 0 Å². The zero-order valence-corrected chi connectivity index (χ0v) is 24.2. The van der Waals surface area contributed by atoms with Gasteiger partial charge in [-0.25, -0.2) is 4.99 Å². The molecule has 0 unspecified atom stereocenters. The third-order valence-electron chi connectivity index (χ3n) is 7.83. The maximum Gasteiger partial charge on any atom is 0.255 e. The number of likely N-dealkylation sites (tertiary alicyclic amines) is 1. The second-order valence-corrected chi connectivity index (χ2v) is 10.7. The van der Waals surface area contributed by atoms with E-state index in [1.807, 2.05) is 95.9 Å². The Morgan fingerprint density at radius 3 is 2.56 bits per heavy atom. The van der Waals surface area contributed by atoms with Gasteiger partial charge in [0.05, 0.1) is 13.2 Å². The molecule has 43 heavy (non-hydrogen) atoms. The van der Waals surface area contributed by atoms with Gasteiger partial charge in [-0.05, 0) is 65.7 Å². The third kappa shape index (κ3) is 7.08. The Kier molecular flexibility index (Phi) is 10.1. The Morgan fingerprint density at radius 2 is 1.81 bits per heavy atom. The molecule has 1 saturated heterocycles. The summed E-state index contributed by atoms with van der Waals surface area (Å²) in [6, 6.07) is 25.0. The standard InChI is InChI=1S/C34H37N5O4/c35-38-36-25-28-14-5-6-15-30(28)31-34(33(41)39-21-7-2-8-22-39,20-9-13-26-11-3-1-4-12-26)37-32(43-31)27-16-18-29(19-17-27)42-24-10-23-40/h1,3-6,9,11-19,31,40H,2,7-8,10,20-25H2/b13-9+/t31-,34-/m1/s1. The van der Waals surface area contributed by atoms with Crippen molar-refractivity contribution in [2.45, 2.75) is 50.3 Å². The van der Waals surface area contributed by atoms with Gasteiger partial charge in [-0.1, -0.05) is 71.9 Å². The molecule has 222 valence electrons. The fourth-order valence-electron chi connectivity index (χ4n) is 5.63. The molecule has 3 aromatic rings. The lowest BCUT2D eigenvalue weighted by atomic mass is 9.81. The number of hydrogen-bond acceptors (Lipinski definition) is 6. The number of amides is 1. The van der Waals surface area contributed by atoms with Crippen LogP contribution in [0.15, 0.2) is 95.0 Å². The molecule has 2 heterocycles. The van der Waals surface area contributed by atoms with Crippen LogP contribution >= 0.6 is 0 Å². The SMILES string of the molecule is [N-]=[N+]=NCc1ccccc1[C@H]1OC(c2ccc(OCCCO)cc2)=N[C@@]1(C/C=C/c1ccccc1)C(=O)N1CCCCC1. The molecule has 1 fully saturated rings. The summed E-state index contributed by atoms with van der Waals surface area (Å²) in [5.74, 6) is 0.991. The highest BCUT2D eigenvalue weighted by Crippen LogP contribution is 2.45. The molecule has 0 radical (unpaired) electrons. The topological polar surface area (TPSA) is 120 Å². The molecule has 9 nitrogen and oxygen atoms in total. The maximum absolute atomic E-state index is 14.6. The Bertz CT molecular complexity index is 1480. The predicted octanol–water partition coefficient (Wildman–Crippen LogP) is 6.63. The molecule has 3 aromatic carbocycles. The van der Waals surface area contributed by atoms with Crippen molar-refractivity contribution in [3.8, 4) is 5.75 Å². The molecule has 5 rings (SSSR count). The highest BCUT2D eigenvalue weighted by molar-refractivity contribution is 6.01. The van der Waals surface area contributed by atoms with E-state index in [4.69, 9.17) is 25.1 Å². The quantitative estimate of drug-likeness (QED) is 0.112. The summed E-state index contributed by atoms with van der Waals surface area (Å²) in [7, 11) is 0. The number of rotatable bonds is 12. The number of aliphatic hydroxyl groups excluding tert-OH is 1. The number of ether oxygens (including phenoxy) is 2. The van der Waals surface area contributed by atoms with Crippen LogP contribution in [0.4, 0.5) is 0 Å². The van der Waals surface area contributed by atoms with Crippen molar-refractivity contribution < 1.29 is 19.4 Å². The number of aliphatic imine (C=N–C) groups is 1. The van der Waals surface area contributed by atoms with E-state index in [1.165, 1.54) is 0 Å². The van der Waals surface area contributed by atoms with Gasteiger partial charge in [-0.15, -0.1) is 0 Å². The van der Waals surface area contributed by atoms with Crippen molar-refractivity contribution in [1.29, 1.82) is 0 Å². The molecule has 2 aliphatic rings. The van der Waals surface area contributed by atoms with Gasteiger partial charge in [0.15, 0.2) is 11.6 Å². The van der Waals surface area contributed by atoms with Crippen molar-refractivity contribution in [1.82, 2.24) is 4.90 Å². The van der Waals surface area contributed by atoms with Crippen molar-refractivity contribution in [2.75, 3.05) is 26.3 Å². The molecule has 0 aliphatic carbocycles. The molecule has 1 N–H and O–H groups in total. The first kappa shape index (κ1) is 29.9. The second-order valence-electron chi connectivity index (χ2n) is 10.7. The fourth-order valence-corrected chi connectivity index (χ4v) is 5.63. The minimum Gasteiger partial charge on any atom is -0.494 e. The number of aliphatic hydroxyl groups is 1.